The van der Waals surface area contributed by atoms with E-state index >= 15 is 0 Å². The van der Waals surface area contributed by atoms with Gasteiger partial charge in [-0.25, -0.2) is 0 Å². The molecule has 3 heterocycles. The van der Waals surface area contributed by atoms with E-state index in [-0.39, 0.29) is 12.0 Å². The van der Waals surface area contributed by atoms with Gasteiger partial charge in [-0.3, -0.25) is 4.79 Å². The molecule has 1 aromatic heterocycles. The first kappa shape index (κ1) is 15.1. The third-order valence-corrected chi connectivity index (χ3v) is 4.51. The Balaban J connectivity index is 1.43. The van der Waals surface area contributed by atoms with E-state index in [1.165, 1.54) is 5.56 Å². The van der Waals surface area contributed by atoms with Crippen molar-refractivity contribution >= 4 is 5.91 Å². The summed E-state index contributed by atoms with van der Waals surface area (Å²) in [4.78, 5) is 14.7. The summed E-state index contributed by atoms with van der Waals surface area (Å²) in [5, 5.41) is 7.74. The molecule has 0 spiro atoms. The van der Waals surface area contributed by atoms with Crippen molar-refractivity contribution in [1.29, 1.82) is 0 Å². The molecule has 0 bridgehead atoms. The normalized spacial score (nSPS) is 22.9. The Morgan fingerprint density at radius 2 is 2.17 bits per heavy atom. The number of ether oxygens (including phenoxy) is 2. The molecule has 0 aliphatic carbocycles. The van der Waals surface area contributed by atoms with Crippen molar-refractivity contribution in [2.45, 2.75) is 25.0 Å². The molecule has 6 heteroatoms. The van der Waals surface area contributed by atoms with Gasteiger partial charge in [0.05, 0.1) is 13.2 Å². The quantitative estimate of drug-likeness (QED) is 0.860. The first-order valence-corrected chi connectivity index (χ1v) is 8.24. The van der Waals surface area contributed by atoms with Crippen LogP contribution in [0.25, 0.3) is 0 Å². The summed E-state index contributed by atoms with van der Waals surface area (Å²) in [6.45, 7) is 1.81. The van der Waals surface area contributed by atoms with Crippen molar-refractivity contribution in [3.05, 3.63) is 53.7 Å². The molecule has 6 nitrogen and oxygen atoms in total. The summed E-state index contributed by atoms with van der Waals surface area (Å²) >= 11 is 0. The van der Waals surface area contributed by atoms with E-state index in [1.807, 2.05) is 23.1 Å². The molecule has 2 aromatic rings. The lowest BCUT2D eigenvalue weighted by Gasteiger charge is -2.28. The van der Waals surface area contributed by atoms with Gasteiger partial charge in [-0.15, -0.1) is 5.10 Å². The summed E-state index contributed by atoms with van der Waals surface area (Å²) in [5.74, 6) is 0.517. The minimum absolute atomic E-state index is 0.0207. The number of fused-ring (bicyclic) bond motifs is 1. The number of hydrogen-bond acceptors (Lipinski definition) is 5. The lowest BCUT2D eigenvalue weighted by molar-refractivity contribution is -0.144. The van der Waals surface area contributed by atoms with Crippen LogP contribution in [0.15, 0.2) is 42.6 Å². The van der Waals surface area contributed by atoms with Gasteiger partial charge in [0.2, 0.25) is 5.88 Å². The smallest absolute Gasteiger partial charge is 0.256 e. The molecular formula is C18H19N3O3. The topological polar surface area (TPSA) is 64.5 Å². The highest BCUT2D eigenvalue weighted by molar-refractivity contribution is 5.83. The average Bonchev–Trinajstić information content (AvgIpc) is 3.10. The van der Waals surface area contributed by atoms with E-state index in [0.717, 1.165) is 18.4 Å². The van der Waals surface area contributed by atoms with Crippen LogP contribution in [0.2, 0.25) is 0 Å². The second-order valence-electron chi connectivity index (χ2n) is 6.07. The molecule has 24 heavy (non-hydrogen) atoms. The van der Waals surface area contributed by atoms with Gasteiger partial charge in [0, 0.05) is 25.2 Å². The van der Waals surface area contributed by atoms with Crippen molar-refractivity contribution < 1.29 is 14.3 Å². The maximum absolute atomic E-state index is 12.9. The summed E-state index contributed by atoms with van der Waals surface area (Å²) in [6, 6.07) is 11.6. The SMILES string of the molecule is O=C(C1OCCc2ccccc21)N1CCC(Oc2cccnn2)C1. The van der Waals surface area contributed by atoms with Gasteiger partial charge in [-0.1, -0.05) is 24.3 Å². The molecule has 1 saturated heterocycles. The Morgan fingerprint density at radius 3 is 3.04 bits per heavy atom. The highest BCUT2D eigenvalue weighted by atomic mass is 16.5. The van der Waals surface area contributed by atoms with Crippen LogP contribution in [-0.2, 0) is 16.0 Å². The van der Waals surface area contributed by atoms with Crippen LogP contribution in [-0.4, -0.2) is 46.8 Å². The number of carbonyl (C=O) groups excluding carboxylic acids is 1. The molecule has 2 atom stereocenters. The predicted octanol–water partition coefficient (Wildman–Crippen LogP) is 1.77. The molecule has 1 aromatic carbocycles. The highest BCUT2D eigenvalue weighted by Crippen LogP contribution is 2.30. The zero-order chi connectivity index (χ0) is 16.4. The molecule has 1 amide bonds. The molecular weight excluding hydrogens is 306 g/mol. The number of hydrogen-bond donors (Lipinski definition) is 0. The molecule has 2 unspecified atom stereocenters. The Morgan fingerprint density at radius 1 is 1.25 bits per heavy atom. The summed E-state index contributed by atoms with van der Waals surface area (Å²) in [5.41, 5.74) is 2.20. The average molecular weight is 325 g/mol. The monoisotopic (exact) mass is 325 g/mol. The largest absolute Gasteiger partial charge is 0.471 e. The Hall–Kier alpha value is -2.47. The minimum Gasteiger partial charge on any atom is -0.471 e. The van der Waals surface area contributed by atoms with E-state index in [9.17, 15) is 4.79 Å². The number of carbonyl (C=O) groups is 1. The molecule has 0 saturated carbocycles. The zero-order valence-corrected chi connectivity index (χ0v) is 13.3. The van der Waals surface area contributed by atoms with Gasteiger partial charge in [-0.2, -0.15) is 5.10 Å². The number of aromatic nitrogens is 2. The van der Waals surface area contributed by atoms with Gasteiger partial charge in [0.25, 0.3) is 5.91 Å². The standard InChI is InChI=1S/C18H19N3O3/c22-18(17-15-5-2-1-4-13(15)8-11-23-17)21-10-7-14(12-21)24-16-6-3-9-19-20-16/h1-6,9,14,17H,7-8,10-12H2. The minimum atomic E-state index is -0.495. The predicted molar refractivity (Wildman–Crippen MR) is 86.5 cm³/mol. The van der Waals surface area contributed by atoms with Crippen molar-refractivity contribution in [3.8, 4) is 5.88 Å². The molecule has 2 aliphatic rings. The van der Waals surface area contributed by atoms with Crippen molar-refractivity contribution in [2.24, 2.45) is 0 Å². The van der Waals surface area contributed by atoms with Crippen LogP contribution >= 0.6 is 0 Å². The van der Waals surface area contributed by atoms with Crippen LogP contribution in [0, 0.1) is 0 Å². The molecule has 2 aliphatic heterocycles. The van der Waals surface area contributed by atoms with E-state index < -0.39 is 6.10 Å². The fourth-order valence-electron chi connectivity index (χ4n) is 3.31. The third-order valence-electron chi connectivity index (χ3n) is 4.51. The molecule has 1 fully saturated rings. The van der Waals surface area contributed by atoms with Crippen LogP contribution in [0.5, 0.6) is 5.88 Å². The Labute approximate surface area is 140 Å². The van der Waals surface area contributed by atoms with Gasteiger partial charge in [0.1, 0.15) is 6.10 Å². The molecule has 0 radical (unpaired) electrons. The number of benzene rings is 1. The first-order chi connectivity index (χ1) is 11.8. The molecule has 124 valence electrons. The van der Waals surface area contributed by atoms with Crippen LogP contribution < -0.4 is 4.74 Å². The second-order valence-corrected chi connectivity index (χ2v) is 6.07. The Kier molecular flexibility index (Phi) is 4.13. The Bertz CT molecular complexity index is 722. The molecule has 4 rings (SSSR count). The van der Waals surface area contributed by atoms with Gasteiger partial charge < -0.3 is 14.4 Å². The first-order valence-electron chi connectivity index (χ1n) is 8.24. The lowest BCUT2D eigenvalue weighted by atomic mass is 9.97. The van der Waals surface area contributed by atoms with Crippen molar-refractivity contribution in [3.63, 3.8) is 0 Å². The second kappa shape index (κ2) is 6.57. The van der Waals surface area contributed by atoms with E-state index in [2.05, 4.69) is 16.3 Å². The number of likely N-dealkylation sites (tertiary alicyclic amines) is 1. The fourth-order valence-corrected chi connectivity index (χ4v) is 3.31. The van der Waals surface area contributed by atoms with E-state index in [1.54, 1.807) is 18.3 Å². The van der Waals surface area contributed by atoms with Crippen molar-refractivity contribution in [2.75, 3.05) is 19.7 Å². The summed E-state index contributed by atoms with van der Waals surface area (Å²) in [6.07, 6.45) is 2.71. The van der Waals surface area contributed by atoms with E-state index in [4.69, 9.17) is 9.47 Å². The maximum atomic E-state index is 12.9. The van der Waals surface area contributed by atoms with Crippen molar-refractivity contribution in [1.82, 2.24) is 15.1 Å². The summed E-state index contributed by atoms with van der Waals surface area (Å²) < 4.78 is 11.6. The fraction of sp³-hybridized carbons (Fsp3) is 0.389. The van der Waals surface area contributed by atoms with Crippen LogP contribution in [0.4, 0.5) is 0 Å². The zero-order valence-electron chi connectivity index (χ0n) is 13.3. The molecule has 0 N–H and O–H groups in total. The van der Waals surface area contributed by atoms with Crippen LogP contribution in [0.1, 0.15) is 23.7 Å². The third kappa shape index (κ3) is 2.97. The highest BCUT2D eigenvalue weighted by Gasteiger charge is 2.35. The number of rotatable bonds is 3. The van der Waals surface area contributed by atoms with E-state index in [0.29, 0.717) is 25.6 Å². The lowest BCUT2D eigenvalue weighted by Crippen LogP contribution is -2.37. The number of nitrogens with zero attached hydrogens (tertiary/aromatic N) is 3. The van der Waals surface area contributed by atoms with Crippen LogP contribution in [0.3, 0.4) is 0 Å². The number of amides is 1. The maximum Gasteiger partial charge on any atom is 0.256 e. The van der Waals surface area contributed by atoms with Gasteiger partial charge in [-0.05, 0) is 23.6 Å². The van der Waals surface area contributed by atoms with Gasteiger partial charge >= 0.3 is 0 Å². The van der Waals surface area contributed by atoms with Gasteiger partial charge in [0.15, 0.2) is 6.10 Å². The summed E-state index contributed by atoms with van der Waals surface area (Å²) in [7, 11) is 0.